The lowest BCUT2D eigenvalue weighted by molar-refractivity contribution is -0.274. The monoisotopic (exact) mass is 357 g/mol. The number of ether oxygens (including phenoxy) is 1. The Hall–Kier alpha value is -2.04. The Morgan fingerprint density at radius 1 is 1.04 bits per heavy atom. The number of alkyl halides is 6. The Labute approximate surface area is 130 Å². The number of hydrogen-bond acceptors (Lipinski definition) is 5. The highest BCUT2D eigenvalue weighted by Crippen LogP contribution is 2.34. The largest absolute Gasteiger partial charge is 0.573 e. The molecule has 4 nitrogen and oxygen atoms in total. The van der Waals surface area contributed by atoms with E-state index in [1.54, 1.807) is 6.92 Å². The number of aromatic nitrogens is 2. The van der Waals surface area contributed by atoms with Gasteiger partial charge in [-0.3, -0.25) is 0 Å². The summed E-state index contributed by atoms with van der Waals surface area (Å²) in [5, 5.41) is 7.98. The number of nitrogens with one attached hydrogen (secondary N) is 1. The molecule has 0 saturated carbocycles. The first kappa shape index (κ1) is 17.3. The first-order valence-electron chi connectivity index (χ1n) is 6.07. The Kier molecular flexibility index (Phi) is 4.68. The molecule has 1 aromatic heterocycles. The lowest BCUT2D eigenvalue weighted by Crippen LogP contribution is -2.17. The van der Waals surface area contributed by atoms with Crippen LogP contribution in [0, 0.1) is 0 Å². The minimum absolute atomic E-state index is 0.0413. The standard InChI is InChI=1S/C12H9F6N3OS/c1-6(19-10-21-20-9(23-10)11(13,14)15)7-2-4-8(5-3-7)22-12(16,17)18/h2-6H,1H3,(H,19,21)/t6-/m0/s1. The van der Waals surface area contributed by atoms with E-state index >= 15 is 0 Å². The van der Waals surface area contributed by atoms with Gasteiger partial charge in [-0.1, -0.05) is 23.5 Å². The van der Waals surface area contributed by atoms with Gasteiger partial charge < -0.3 is 10.1 Å². The molecule has 0 unspecified atom stereocenters. The lowest BCUT2D eigenvalue weighted by atomic mass is 10.1. The Morgan fingerprint density at radius 3 is 2.13 bits per heavy atom. The molecule has 11 heteroatoms. The first-order valence-corrected chi connectivity index (χ1v) is 6.89. The molecule has 0 bridgehead atoms. The molecule has 1 heterocycles. The van der Waals surface area contributed by atoms with Crippen LogP contribution in [-0.4, -0.2) is 16.6 Å². The number of benzene rings is 1. The summed E-state index contributed by atoms with van der Waals surface area (Å²) < 4.78 is 77.1. The van der Waals surface area contributed by atoms with Crippen LogP contribution in [0.25, 0.3) is 0 Å². The molecule has 0 fully saturated rings. The van der Waals surface area contributed by atoms with Crippen molar-refractivity contribution < 1.29 is 31.1 Å². The van der Waals surface area contributed by atoms with Crippen LogP contribution in [0.5, 0.6) is 5.75 Å². The molecule has 0 aliphatic rings. The van der Waals surface area contributed by atoms with Gasteiger partial charge in [0.15, 0.2) is 0 Å². The summed E-state index contributed by atoms with van der Waals surface area (Å²) in [6, 6.07) is 4.48. The van der Waals surface area contributed by atoms with E-state index in [1.165, 1.54) is 12.1 Å². The van der Waals surface area contributed by atoms with Gasteiger partial charge in [-0.05, 0) is 24.6 Å². The second kappa shape index (κ2) is 6.22. The summed E-state index contributed by atoms with van der Waals surface area (Å²) in [5.41, 5.74) is 0.545. The van der Waals surface area contributed by atoms with Gasteiger partial charge in [-0.2, -0.15) is 13.2 Å². The molecule has 1 atom stereocenters. The quantitative estimate of drug-likeness (QED) is 0.811. The fourth-order valence-electron chi connectivity index (χ4n) is 1.62. The molecule has 1 aromatic carbocycles. The smallest absolute Gasteiger partial charge is 0.406 e. The summed E-state index contributed by atoms with van der Waals surface area (Å²) in [6.45, 7) is 1.62. The Balaban J connectivity index is 2.03. The van der Waals surface area contributed by atoms with E-state index in [4.69, 9.17) is 0 Å². The maximum atomic E-state index is 12.4. The summed E-state index contributed by atoms with van der Waals surface area (Å²) in [6.07, 6.45) is -9.36. The molecule has 0 aliphatic heterocycles. The zero-order chi connectivity index (χ0) is 17.3. The number of hydrogen-bond donors (Lipinski definition) is 1. The summed E-state index contributed by atoms with van der Waals surface area (Å²) >= 11 is 0.342. The maximum Gasteiger partial charge on any atom is 0.573 e. The van der Waals surface area contributed by atoms with E-state index in [9.17, 15) is 26.3 Å². The van der Waals surface area contributed by atoms with Crippen LogP contribution in [0.4, 0.5) is 31.5 Å². The maximum absolute atomic E-state index is 12.4. The summed E-state index contributed by atoms with van der Waals surface area (Å²) in [5.74, 6) is -0.385. The van der Waals surface area contributed by atoms with Crippen LogP contribution < -0.4 is 10.1 Å². The van der Waals surface area contributed by atoms with Gasteiger partial charge in [-0.25, -0.2) is 0 Å². The van der Waals surface area contributed by atoms with E-state index in [0.717, 1.165) is 12.1 Å². The predicted octanol–water partition coefficient (Wildman–Crippen LogP) is 4.63. The molecular formula is C12H9F6N3OS. The van der Waals surface area contributed by atoms with Crippen LogP contribution in [-0.2, 0) is 6.18 Å². The molecule has 0 spiro atoms. The van der Waals surface area contributed by atoms with Crippen molar-refractivity contribution in [1.29, 1.82) is 0 Å². The molecule has 2 aromatic rings. The minimum atomic E-state index is -4.79. The van der Waals surface area contributed by atoms with Crippen LogP contribution >= 0.6 is 11.3 Å². The Bertz CT molecular complexity index is 652. The van der Waals surface area contributed by atoms with Crippen LogP contribution in [0.3, 0.4) is 0 Å². The second-order valence-electron chi connectivity index (χ2n) is 4.39. The van der Waals surface area contributed by atoms with Crippen molar-refractivity contribution >= 4 is 16.5 Å². The molecule has 0 radical (unpaired) electrons. The molecule has 1 N–H and O–H groups in total. The minimum Gasteiger partial charge on any atom is -0.406 e. The van der Waals surface area contributed by atoms with Gasteiger partial charge in [-0.15, -0.1) is 23.4 Å². The van der Waals surface area contributed by atoms with Crippen molar-refractivity contribution in [3.63, 3.8) is 0 Å². The van der Waals surface area contributed by atoms with Crippen molar-refractivity contribution in [1.82, 2.24) is 10.2 Å². The van der Waals surface area contributed by atoms with E-state index < -0.39 is 23.6 Å². The molecule has 126 valence electrons. The summed E-state index contributed by atoms with van der Waals surface area (Å²) in [7, 11) is 0. The highest BCUT2D eigenvalue weighted by Gasteiger charge is 2.35. The third kappa shape index (κ3) is 4.98. The number of rotatable bonds is 4. The predicted molar refractivity (Wildman–Crippen MR) is 70.1 cm³/mol. The van der Waals surface area contributed by atoms with Crippen molar-refractivity contribution in [3.05, 3.63) is 34.8 Å². The molecule has 23 heavy (non-hydrogen) atoms. The van der Waals surface area contributed by atoms with Gasteiger partial charge in [0, 0.05) is 0 Å². The van der Waals surface area contributed by atoms with Gasteiger partial charge >= 0.3 is 12.5 Å². The first-order chi connectivity index (χ1) is 10.5. The molecular weight excluding hydrogens is 348 g/mol. The van der Waals surface area contributed by atoms with Crippen LogP contribution in [0.1, 0.15) is 23.5 Å². The normalized spacial score (nSPS) is 13.7. The number of halogens is 6. The van der Waals surface area contributed by atoms with Gasteiger partial charge in [0.2, 0.25) is 10.1 Å². The number of nitrogens with zero attached hydrogens (tertiary/aromatic N) is 2. The van der Waals surface area contributed by atoms with Crippen LogP contribution in [0.2, 0.25) is 0 Å². The molecule has 0 amide bonds. The Morgan fingerprint density at radius 2 is 1.65 bits per heavy atom. The third-order valence-corrected chi connectivity index (χ3v) is 3.52. The average molecular weight is 357 g/mol. The SMILES string of the molecule is C[C@H](Nc1nnc(C(F)(F)F)s1)c1ccc(OC(F)(F)F)cc1. The van der Waals surface area contributed by atoms with Crippen molar-refractivity contribution in [3.8, 4) is 5.75 Å². The zero-order valence-corrected chi connectivity index (χ0v) is 12.2. The van der Waals surface area contributed by atoms with Crippen molar-refractivity contribution in [2.24, 2.45) is 0 Å². The van der Waals surface area contributed by atoms with E-state index in [2.05, 4.69) is 20.3 Å². The van der Waals surface area contributed by atoms with Gasteiger partial charge in [0.25, 0.3) is 0 Å². The fourth-order valence-corrected chi connectivity index (χ4v) is 2.32. The molecule has 2 rings (SSSR count). The van der Waals surface area contributed by atoms with Gasteiger partial charge in [0.1, 0.15) is 5.75 Å². The van der Waals surface area contributed by atoms with Gasteiger partial charge in [0.05, 0.1) is 6.04 Å². The highest BCUT2D eigenvalue weighted by molar-refractivity contribution is 7.15. The lowest BCUT2D eigenvalue weighted by Gasteiger charge is -2.14. The van der Waals surface area contributed by atoms with Crippen molar-refractivity contribution in [2.45, 2.75) is 25.5 Å². The topological polar surface area (TPSA) is 47.0 Å². The number of anilines is 1. The average Bonchev–Trinajstić information content (AvgIpc) is 2.86. The zero-order valence-electron chi connectivity index (χ0n) is 11.4. The van der Waals surface area contributed by atoms with E-state index in [1.807, 2.05) is 0 Å². The van der Waals surface area contributed by atoms with Crippen molar-refractivity contribution in [2.75, 3.05) is 5.32 Å². The van der Waals surface area contributed by atoms with Crippen LogP contribution in [0.15, 0.2) is 24.3 Å². The molecule has 0 aliphatic carbocycles. The third-order valence-electron chi connectivity index (χ3n) is 2.62. The van der Waals surface area contributed by atoms with E-state index in [0.29, 0.717) is 16.9 Å². The second-order valence-corrected chi connectivity index (χ2v) is 5.37. The fraction of sp³-hybridized carbons (Fsp3) is 0.333. The molecule has 0 saturated heterocycles. The van der Waals surface area contributed by atoms with E-state index in [-0.39, 0.29) is 10.9 Å². The highest BCUT2D eigenvalue weighted by atomic mass is 32.1. The summed E-state index contributed by atoms with van der Waals surface area (Å²) in [4.78, 5) is 0.